The van der Waals surface area contributed by atoms with Crippen molar-refractivity contribution in [1.82, 2.24) is 21.3 Å². The Kier molecular flexibility index (Phi) is 29.5. The first-order chi connectivity index (χ1) is 29.1. The van der Waals surface area contributed by atoms with Crippen LogP contribution >= 0.6 is 0 Å². The normalized spacial score (nSPS) is 16.3. The quantitative estimate of drug-likeness (QED) is 0.0351. The second kappa shape index (κ2) is 33.1. The molecule has 348 valence electrons. The number of hydrogen-bond acceptors (Lipinski definition) is 9. The van der Waals surface area contributed by atoms with Gasteiger partial charge in [0, 0.05) is 44.6 Å². The highest BCUT2D eigenvalue weighted by Gasteiger charge is 2.30. The van der Waals surface area contributed by atoms with Crippen molar-refractivity contribution < 1.29 is 63.6 Å². The van der Waals surface area contributed by atoms with E-state index in [1.165, 1.54) is 71.1 Å². The lowest BCUT2D eigenvalue weighted by atomic mass is 9.81. The minimum absolute atomic E-state index is 0.0258. The number of carbonyl (C=O) groups is 9. The number of ketones is 1. The molecular formula is C44H74N4O13. The molecule has 0 aliphatic heterocycles. The maximum absolute atomic E-state index is 13.0. The molecule has 0 spiro atoms. The van der Waals surface area contributed by atoms with E-state index in [-0.39, 0.29) is 49.7 Å². The summed E-state index contributed by atoms with van der Waals surface area (Å²) in [6, 6.07) is -4.24. The lowest BCUT2D eigenvalue weighted by Crippen LogP contribution is -2.46. The van der Waals surface area contributed by atoms with E-state index < -0.39 is 78.5 Å². The Morgan fingerprint density at radius 1 is 0.443 bits per heavy atom. The summed E-state index contributed by atoms with van der Waals surface area (Å²) < 4.78 is 0. The van der Waals surface area contributed by atoms with E-state index in [1.54, 1.807) is 0 Å². The molecule has 0 aromatic rings. The largest absolute Gasteiger partial charge is 0.481 e. The van der Waals surface area contributed by atoms with Crippen LogP contribution in [0.5, 0.6) is 0 Å². The number of rotatable bonds is 37. The minimum atomic E-state index is -1.51. The zero-order chi connectivity index (χ0) is 45.4. The van der Waals surface area contributed by atoms with Gasteiger partial charge >= 0.3 is 23.9 Å². The fourth-order valence-corrected chi connectivity index (χ4v) is 7.51. The van der Waals surface area contributed by atoms with Crippen LogP contribution in [-0.4, -0.2) is 98.4 Å². The molecule has 17 nitrogen and oxygen atoms in total. The van der Waals surface area contributed by atoms with Gasteiger partial charge in [-0.3, -0.25) is 24.0 Å². The van der Waals surface area contributed by atoms with E-state index in [0.29, 0.717) is 38.6 Å². The summed E-state index contributed by atoms with van der Waals surface area (Å²) in [6.07, 6.45) is 19.9. The van der Waals surface area contributed by atoms with Crippen LogP contribution in [0.25, 0.3) is 0 Å². The van der Waals surface area contributed by atoms with Gasteiger partial charge in [-0.15, -0.1) is 0 Å². The van der Waals surface area contributed by atoms with Crippen molar-refractivity contribution in [2.45, 2.75) is 205 Å². The summed E-state index contributed by atoms with van der Waals surface area (Å²) in [7, 11) is 0. The van der Waals surface area contributed by atoms with E-state index in [2.05, 4.69) is 21.3 Å². The van der Waals surface area contributed by atoms with Gasteiger partial charge in [0.25, 0.3) is 0 Å². The molecule has 1 aliphatic carbocycles. The first kappa shape index (κ1) is 54.4. The molecule has 4 amide bonds. The molecule has 0 saturated heterocycles. The molecule has 0 aromatic heterocycles. The lowest BCUT2D eigenvalue weighted by Gasteiger charge is -2.28. The number of carbonyl (C=O) groups excluding carboxylic acids is 5. The van der Waals surface area contributed by atoms with Crippen molar-refractivity contribution in [3.8, 4) is 0 Å². The highest BCUT2D eigenvalue weighted by atomic mass is 16.4. The molecule has 1 rings (SSSR count). The fraction of sp³-hybridized carbons (Fsp3) is 0.795. The molecule has 0 heterocycles. The highest BCUT2D eigenvalue weighted by molar-refractivity contribution is 5.88. The monoisotopic (exact) mass is 867 g/mol. The van der Waals surface area contributed by atoms with Crippen molar-refractivity contribution >= 4 is 53.3 Å². The Morgan fingerprint density at radius 3 is 1.18 bits per heavy atom. The Labute approximate surface area is 360 Å². The van der Waals surface area contributed by atoms with E-state index in [4.69, 9.17) is 5.11 Å². The average Bonchev–Trinajstić information content (AvgIpc) is 3.20. The Balaban J connectivity index is 2.20. The van der Waals surface area contributed by atoms with Gasteiger partial charge in [-0.25, -0.2) is 14.4 Å². The van der Waals surface area contributed by atoms with Crippen LogP contribution in [-0.2, 0) is 43.2 Å². The van der Waals surface area contributed by atoms with E-state index >= 15 is 0 Å². The van der Waals surface area contributed by atoms with Gasteiger partial charge in [-0.2, -0.15) is 0 Å². The predicted octanol–water partition coefficient (Wildman–Crippen LogP) is 5.65. The van der Waals surface area contributed by atoms with Gasteiger partial charge in [0.05, 0.1) is 0 Å². The van der Waals surface area contributed by atoms with Crippen LogP contribution in [0.3, 0.4) is 0 Å². The van der Waals surface area contributed by atoms with Crippen molar-refractivity contribution in [3.05, 3.63) is 0 Å². The van der Waals surface area contributed by atoms with E-state index in [0.717, 1.165) is 38.5 Å². The Hall–Kier alpha value is -4.57. The molecule has 1 saturated carbocycles. The molecule has 17 heteroatoms. The second-order valence-electron chi connectivity index (χ2n) is 16.7. The first-order valence-electron chi connectivity index (χ1n) is 22.6. The van der Waals surface area contributed by atoms with Gasteiger partial charge < -0.3 is 46.5 Å². The molecule has 0 aromatic carbocycles. The van der Waals surface area contributed by atoms with Gasteiger partial charge in [-0.05, 0) is 70.6 Å². The molecule has 0 bridgehead atoms. The van der Waals surface area contributed by atoms with Crippen LogP contribution in [0.15, 0.2) is 0 Å². The maximum Gasteiger partial charge on any atom is 0.326 e. The summed E-state index contributed by atoms with van der Waals surface area (Å²) in [6.45, 7) is 1.81. The van der Waals surface area contributed by atoms with Gasteiger partial charge in [0.1, 0.15) is 23.9 Å². The molecule has 61 heavy (non-hydrogen) atoms. The number of hydrogen-bond donors (Lipinski definition) is 8. The smallest absolute Gasteiger partial charge is 0.326 e. The van der Waals surface area contributed by atoms with Crippen molar-refractivity contribution in [2.75, 3.05) is 6.54 Å². The number of nitrogens with one attached hydrogen (secondary N) is 4. The van der Waals surface area contributed by atoms with Gasteiger partial charge in [0.15, 0.2) is 0 Å². The third-order valence-corrected chi connectivity index (χ3v) is 11.3. The third-order valence-electron chi connectivity index (χ3n) is 11.3. The lowest BCUT2D eigenvalue weighted by molar-refractivity contribution is -0.144. The zero-order valence-electron chi connectivity index (χ0n) is 36.4. The summed E-state index contributed by atoms with van der Waals surface area (Å²) in [4.78, 5) is 107. The fourth-order valence-electron chi connectivity index (χ4n) is 7.51. The highest BCUT2D eigenvalue weighted by Crippen LogP contribution is 2.29. The number of Topliss-reactive ketones (excluding diaryl/α,β-unsaturated/α-hetero) is 1. The number of aliphatic carboxylic acids is 4. The van der Waals surface area contributed by atoms with Crippen LogP contribution in [0.1, 0.15) is 187 Å². The molecule has 1 fully saturated rings. The number of amides is 4. The van der Waals surface area contributed by atoms with Crippen molar-refractivity contribution in [3.63, 3.8) is 0 Å². The molecule has 3 atom stereocenters. The topological polar surface area (TPSA) is 283 Å². The average molecular weight is 867 g/mol. The molecule has 8 N–H and O–H groups in total. The van der Waals surface area contributed by atoms with Gasteiger partial charge in [0.2, 0.25) is 23.6 Å². The Morgan fingerprint density at radius 2 is 0.803 bits per heavy atom. The maximum atomic E-state index is 13.0. The Bertz CT molecular complexity index is 1380. The SMILES string of the molecule is CC(=O)CCC(NC(=O)CC[C@H](NC(=O)CCC(NC(=O)C1CCC(CNC(=O)CCCCCCCCCCCCCCCCCCC(=O)O)CC1)C(=O)O)C(=O)O)C(=O)O. The predicted molar refractivity (Wildman–Crippen MR) is 226 cm³/mol. The van der Waals surface area contributed by atoms with Crippen LogP contribution in [0, 0.1) is 11.8 Å². The third kappa shape index (κ3) is 28.6. The van der Waals surface area contributed by atoms with Crippen molar-refractivity contribution in [2.24, 2.45) is 11.8 Å². The molecular weight excluding hydrogens is 792 g/mol. The molecule has 2 unspecified atom stereocenters. The number of carboxylic acids is 4. The summed E-state index contributed by atoms with van der Waals surface area (Å²) in [5.74, 6) is -7.32. The van der Waals surface area contributed by atoms with E-state index in [9.17, 15) is 58.5 Å². The van der Waals surface area contributed by atoms with Crippen molar-refractivity contribution in [1.29, 1.82) is 0 Å². The summed E-state index contributed by atoms with van der Waals surface area (Å²) in [5.41, 5.74) is 0. The first-order valence-corrected chi connectivity index (χ1v) is 22.6. The minimum Gasteiger partial charge on any atom is -0.481 e. The number of unbranched alkanes of at least 4 members (excludes halogenated alkanes) is 15. The molecule has 0 radical (unpaired) electrons. The van der Waals surface area contributed by atoms with Crippen LogP contribution in [0.2, 0.25) is 0 Å². The van der Waals surface area contributed by atoms with Gasteiger partial charge in [-0.1, -0.05) is 89.9 Å². The van der Waals surface area contributed by atoms with Crippen LogP contribution in [0.4, 0.5) is 0 Å². The number of carboxylic acid groups (broad SMARTS) is 4. The molecule has 1 aliphatic rings. The second-order valence-corrected chi connectivity index (χ2v) is 16.7. The van der Waals surface area contributed by atoms with Crippen LogP contribution < -0.4 is 21.3 Å². The zero-order valence-corrected chi connectivity index (χ0v) is 36.4. The standard InChI is InChI=1S/C44H74N4O13/c1-31(49)20-25-34(42(56)57)46-38(51)28-26-35(43(58)59)47-39(52)29-27-36(44(60)61)48-41(55)33-23-21-32(22-24-33)30-45-37(50)18-16-14-12-10-8-6-4-2-3-5-7-9-11-13-15-17-19-40(53)54/h32-36H,2-30H2,1H3,(H,45,50)(H,46,51)(H,47,52)(H,48,55)(H,53,54)(H,56,57)(H,58,59)(H,60,61)/t32?,33?,34?,35-,36?/m0/s1. The summed E-state index contributed by atoms with van der Waals surface area (Å²) in [5, 5.41) is 47.1. The summed E-state index contributed by atoms with van der Waals surface area (Å²) >= 11 is 0. The van der Waals surface area contributed by atoms with E-state index in [1.807, 2.05) is 0 Å².